The standard InChI is InChI=1S/C13H18N2O3S/c1-8(16)15-6-5-11(17)12(18)9-3-2-4-10(7-9)13(14)19/h2-4,7,11-12,17-18H,5-6H2,1H3,(H2,14,19)(H,15,16). The van der Waals surface area contributed by atoms with Crippen LogP contribution in [0.15, 0.2) is 24.3 Å². The largest absolute Gasteiger partial charge is 0.390 e. The first-order valence-electron chi connectivity index (χ1n) is 5.92. The van der Waals surface area contributed by atoms with Crippen molar-refractivity contribution < 1.29 is 15.0 Å². The van der Waals surface area contributed by atoms with Crippen molar-refractivity contribution in [2.45, 2.75) is 25.6 Å². The van der Waals surface area contributed by atoms with Gasteiger partial charge in [-0.1, -0.05) is 30.4 Å². The van der Waals surface area contributed by atoms with E-state index in [0.29, 0.717) is 17.7 Å². The summed E-state index contributed by atoms with van der Waals surface area (Å²) in [6.07, 6.45) is -1.74. The Bertz CT molecular complexity index is 465. The highest BCUT2D eigenvalue weighted by atomic mass is 32.1. The summed E-state index contributed by atoms with van der Waals surface area (Å²) >= 11 is 4.86. The fourth-order valence-electron chi connectivity index (χ4n) is 1.65. The zero-order valence-corrected chi connectivity index (χ0v) is 11.5. The van der Waals surface area contributed by atoms with Crippen molar-refractivity contribution in [1.82, 2.24) is 5.32 Å². The quantitative estimate of drug-likeness (QED) is 0.561. The van der Waals surface area contributed by atoms with Crippen molar-refractivity contribution in [1.29, 1.82) is 0 Å². The third kappa shape index (κ3) is 4.94. The molecule has 0 spiro atoms. The molecule has 6 heteroatoms. The van der Waals surface area contributed by atoms with Crippen LogP contribution in [-0.4, -0.2) is 33.8 Å². The summed E-state index contributed by atoms with van der Waals surface area (Å²) in [7, 11) is 0. The van der Waals surface area contributed by atoms with Gasteiger partial charge >= 0.3 is 0 Å². The van der Waals surface area contributed by atoms with Crippen LogP contribution in [0.2, 0.25) is 0 Å². The minimum Gasteiger partial charge on any atom is -0.390 e. The van der Waals surface area contributed by atoms with Gasteiger partial charge in [-0.05, 0) is 18.1 Å². The summed E-state index contributed by atoms with van der Waals surface area (Å²) in [5.41, 5.74) is 6.69. The topological polar surface area (TPSA) is 95.6 Å². The summed E-state index contributed by atoms with van der Waals surface area (Å²) < 4.78 is 0. The Hall–Kier alpha value is -1.50. The Morgan fingerprint density at radius 2 is 2.16 bits per heavy atom. The molecule has 0 aliphatic rings. The van der Waals surface area contributed by atoms with E-state index in [-0.39, 0.29) is 17.3 Å². The van der Waals surface area contributed by atoms with Crippen molar-refractivity contribution in [3.8, 4) is 0 Å². The maximum absolute atomic E-state index is 10.7. The first-order valence-corrected chi connectivity index (χ1v) is 6.33. The Balaban J connectivity index is 2.65. The van der Waals surface area contributed by atoms with Crippen LogP contribution in [0.3, 0.4) is 0 Å². The van der Waals surface area contributed by atoms with Gasteiger partial charge in [0.1, 0.15) is 11.1 Å². The highest BCUT2D eigenvalue weighted by molar-refractivity contribution is 7.80. The first kappa shape index (κ1) is 15.6. The molecule has 19 heavy (non-hydrogen) atoms. The van der Waals surface area contributed by atoms with Gasteiger partial charge in [0.25, 0.3) is 0 Å². The number of hydrogen-bond acceptors (Lipinski definition) is 4. The molecule has 0 saturated heterocycles. The maximum Gasteiger partial charge on any atom is 0.216 e. The van der Waals surface area contributed by atoms with Gasteiger partial charge in [0.15, 0.2) is 0 Å². The average Bonchev–Trinajstić information content (AvgIpc) is 2.37. The zero-order valence-electron chi connectivity index (χ0n) is 10.7. The lowest BCUT2D eigenvalue weighted by Crippen LogP contribution is -2.27. The summed E-state index contributed by atoms with van der Waals surface area (Å²) in [6, 6.07) is 6.79. The minimum atomic E-state index is -1.04. The Morgan fingerprint density at radius 3 is 2.74 bits per heavy atom. The van der Waals surface area contributed by atoms with Crippen LogP contribution in [0.1, 0.15) is 30.6 Å². The summed E-state index contributed by atoms with van der Waals surface area (Å²) in [5, 5.41) is 22.4. The monoisotopic (exact) mass is 282 g/mol. The van der Waals surface area contributed by atoms with E-state index in [4.69, 9.17) is 18.0 Å². The normalized spacial score (nSPS) is 13.6. The van der Waals surface area contributed by atoms with Crippen molar-refractivity contribution in [3.63, 3.8) is 0 Å². The Kier molecular flexibility index (Phi) is 5.88. The number of amides is 1. The number of hydrogen-bond donors (Lipinski definition) is 4. The molecule has 1 aromatic carbocycles. The summed E-state index contributed by atoms with van der Waals surface area (Å²) in [6.45, 7) is 1.71. The van der Waals surface area contributed by atoms with Crippen molar-refractivity contribution >= 4 is 23.1 Å². The predicted molar refractivity (Wildman–Crippen MR) is 76.6 cm³/mol. The van der Waals surface area contributed by atoms with Crippen LogP contribution in [0.5, 0.6) is 0 Å². The molecule has 0 aliphatic heterocycles. The molecule has 2 unspecified atom stereocenters. The fraction of sp³-hybridized carbons (Fsp3) is 0.385. The number of nitrogens with two attached hydrogens (primary N) is 1. The van der Waals surface area contributed by atoms with E-state index in [1.807, 2.05) is 0 Å². The van der Waals surface area contributed by atoms with Gasteiger partial charge in [0.05, 0.1) is 6.10 Å². The molecule has 0 aliphatic carbocycles. The van der Waals surface area contributed by atoms with E-state index in [2.05, 4.69) is 5.32 Å². The SMILES string of the molecule is CC(=O)NCCC(O)C(O)c1cccc(C(N)=S)c1. The van der Waals surface area contributed by atoms with Gasteiger partial charge in [-0.25, -0.2) is 0 Å². The fourth-order valence-corrected chi connectivity index (χ4v) is 1.78. The molecule has 0 aromatic heterocycles. The molecule has 1 rings (SSSR count). The second-order valence-corrected chi connectivity index (χ2v) is 4.71. The van der Waals surface area contributed by atoms with Crippen LogP contribution in [-0.2, 0) is 4.79 Å². The van der Waals surface area contributed by atoms with E-state index in [1.54, 1.807) is 24.3 Å². The molecular weight excluding hydrogens is 264 g/mol. The molecule has 0 radical (unpaired) electrons. The van der Waals surface area contributed by atoms with Gasteiger partial charge in [0.2, 0.25) is 5.91 Å². The van der Waals surface area contributed by atoms with E-state index in [1.165, 1.54) is 6.92 Å². The minimum absolute atomic E-state index is 0.169. The molecule has 0 fully saturated rings. The molecule has 1 aromatic rings. The lowest BCUT2D eigenvalue weighted by atomic mass is 10.00. The van der Waals surface area contributed by atoms with Gasteiger partial charge in [-0.2, -0.15) is 0 Å². The number of aliphatic hydroxyl groups is 2. The third-order valence-corrected chi connectivity index (χ3v) is 2.93. The maximum atomic E-state index is 10.7. The predicted octanol–water partition coefficient (Wildman–Crippen LogP) is 0.241. The summed E-state index contributed by atoms with van der Waals surface area (Å²) in [5.74, 6) is -0.169. The van der Waals surface area contributed by atoms with Crippen LogP contribution in [0.4, 0.5) is 0 Å². The van der Waals surface area contributed by atoms with Crippen molar-refractivity contribution in [2.75, 3.05) is 6.54 Å². The van der Waals surface area contributed by atoms with Gasteiger partial charge in [0, 0.05) is 19.0 Å². The van der Waals surface area contributed by atoms with Gasteiger partial charge < -0.3 is 21.3 Å². The highest BCUT2D eigenvalue weighted by Crippen LogP contribution is 2.19. The van der Waals surface area contributed by atoms with Crippen LogP contribution in [0.25, 0.3) is 0 Å². The van der Waals surface area contributed by atoms with Crippen molar-refractivity contribution in [3.05, 3.63) is 35.4 Å². The third-order valence-electron chi connectivity index (χ3n) is 2.69. The van der Waals surface area contributed by atoms with E-state index in [9.17, 15) is 15.0 Å². The van der Waals surface area contributed by atoms with E-state index < -0.39 is 12.2 Å². The molecule has 5 N–H and O–H groups in total. The molecule has 0 saturated carbocycles. The number of nitrogens with one attached hydrogen (secondary N) is 1. The molecule has 0 heterocycles. The molecular formula is C13H18N2O3S. The van der Waals surface area contributed by atoms with E-state index >= 15 is 0 Å². The summed E-state index contributed by atoms with van der Waals surface area (Å²) in [4.78, 5) is 10.9. The Morgan fingerprint density at radius 1 is 1.47 bits per heavy atom. The number of aliphatic hydroxyl groups excluding tert-OH is 2. The first-order chi connectivity index (χ1) is 8.91. The zero-order chi connectivity index (χ0) is 14.4. The van der Waals surface area contributed by atoms with Crippen LogP contribution < -0.4 is 11.1 Å². The second-order valence-electron chi connectivity index (χ2n) is 4.27. The smallest absolute Gasteiger partial charge is 0.216 e. The number of benzene rings is 1. The molecule has 0 bridgehead atoms. The number of rotatable bonds is 6. The van der Waals surface area contributed by atoms with Gasteiger partial charge in [-0.3, -0.25) is 4.79 Å². The second kappa shape index (κ2) is 7.18. The molecule has 5 nitrogen and oxygen atoms in total. The van der Waals surface area contributed by atoms with Crippen LogP contribution >= 0.6 is 12.2 Å². The highest BCUT2D eigenvalue weighted by Gasteiger charge is 2.18. The number of carbonyl (C=O) groups is 1. The molecule has 104 valence electrons. The lowest BCUT2D eigenvalue weighted by molar-refractivity contribution is -0.119. The average molecular weight is 282 g/mol. The Labute approximate surface area is 117 Å². The van der Waals surface area contributed by atoms with E-state index in [0.717, 1.165) is 0 Å². The van der Waals surface area contributed by atoms with Gasteiger partial charge in [-0.15, -0.1) is 0 Å². The van der Waals surface area contributed by atoms with Crippen molar-refractivity contribution in [2.24, 2.45) is 5.73 Å². The molecule has 1 amide bonds. The number of thiocarbonyl (C=S) groups is 1. The van der Waals surface area contributed by atoms with Crippen LogP contribution in [0, 0.1) is 0 Å². The lowest BCUT2D eigenvalue weighted by Gasteiger charge is -2.18. The number of carbonyl (C=O) groups excluding carboxylic acids is 1. The molecule has 2 atom stereocenters.